The maximum atomic E-state index is 12.9. The van der Waals surface area contributed by atoms with E-state index >= 15 is 0 Å². The van der Waals surface area contributed by atoms with Crippen LogP contribution >= 0.6 is 45.6 Å². The van der Waals surface area contributed by atoms with Crippen molar-refractivity contribution in [1.29, 1.82) is 0 Å². The van der Waals surface area contributed by atoms with E-state index in [1.165, 1.54) is 0 Å². The molecule has 18 heterocycles. The van der Waals surface area contributed by atoms with Crippen molar-refractivity contribution >= 4 is 45.6 Å². The van der Waals surface area contributed by atoms with Gasteiger partial charge < -0.3 is 0 Å². The Morgan fingerprint density at radius 2 is 0.244 bits per heavy atom. The summed E-state index contributed by atoms with van der Waals surface area (Å²) in [6.07, 6.45) is 0. The molecule has 90 heavy (non-hydrogen) atoms. The van der Waals surface area contributed by atoms with E-state index < -0.39 is 55.8 Å². The second kappa shape index (κ2) is 25.1. The third-order valence-corrected chi connectivity index (χ3v) is 43.0. The van der Waals surface area contributed by atoms with Crippen LogP contribution < -0.4 is 4.66 Å². The number of hydrogen-bond acceptors (Lipinski definition) is 10. The summed E-state index contributed by atoms with van der Waals surface area (Å²) in [7, 11) is -17.8. The fourth-order valence-electron chi connectivity index (χ4n) is 13.2. The summed E-state index contributed by atoms with van der Waals surface area (Å²) in [4.78, 5) is 0. The molecule has 0 saturated carbocycles. The molecule has 0 aromatic rings. The molecule has 1 radical (unpaired) electrons. The van der Waals surface area contributed by atoms with E-state index in [0.29, 0.717) is 109 Å². The Kier molecular flexibility index (Phi) is 20.3. The van der Waals surface area contributed by atoms with Crippen molar-refractivity contribution in [3.8, 4) is 0 Å². The van der Waals surface area contributed by atoms with Crippen LogP contribution in [-0.2, 0) is 44.5 Å². The molecule has 0 aromatic carbocycles. The summed E-state index contributed by atoms with van der Waals surface area (Å²) in [5, 5.41) is 0. The van der Waals surface area contributed by atoms with Gasteiger partial charge in [-0.1, -0.05) is 0 Å². The molecule has 519 valence electrons. The van der Waals surface area contributed by atoms with Crippen molar-refractivity contribution in [1.82, 2.24) is 84.1 Å². The van der Waals surface area contributed by atoms with Gasteiger partial charge in [-0.15, -0.1) is 0 Å². The average molecular weight is 1450 g/mol. The molecule has 36 atom stereocenters. The normalized spacial score (nSPS) is 56.0. The quantitative estimate of drug-likeness (QED) is 0.0980. The molecule has 0 aromatic heterocycles. The van der Waals surface area contributed by atoms with Gasteiger partial charge in [0.05, 0.1) is 0 Å². The Bertz CT molecular complexity index is 2240. The molecular weight excluding hydrogens is 1340 g/mol. The summed E-state index contributed by atoms with van der Waals surface area (Å²) in [5.41, 5.74) is 0. The average Bonchev–Trinajstić information content (AvgIpc) is 1.59. The summed E-state index contributed by atoms with van der Waals surface area (Å²) < 4.78 is 147. The van der Waals surface area contributed by atoms with Crippen LogP contribution in [0.3, 0.4) is 0 Å². The number of halogens is 1. The Morgan fingerprint density at radius 1 is 0.211 bits per heavy atom. The Labute approximate surface area is 551 Å². The van der Waals surface area contributed by atoms with Gasteiger partial charge in [-0.25, -0.2) is 84.1 Å². The van der Waals surface area contributed by atoms with E-state index in [1.54, 1.807) is 0 Å². The standard InChI is InChI=1S/6C9H18N3OP.ClH3O4.Fe/c6*1-7-4-10(7)14(13,11-5-8(11)2)12-6-9(12)3;2-1(3,4)5;/h6*7-9H,4-6H2,1-3H3;2-4H;/q;;;;;;;+3. The van der Waals surface area contributed by atoms with Crippen LogP contribution in [0.2, 0.25) is 0 Å². The molecule has 36 unspecified atom stereocenters. The van der Waals surface area contributed by atoms with Gasteiger partial charge in [0.25, 0.3) is 45.6 Å². The SMILES string of the molecule is CC1CN1P(=O)(N1CC1C)N1CC1C.CC1CN1P(=O)(N1CC1C)N1CC1C.CC1CN1P(=O)(N1CC1C)N1CC1C.CC1CN1P(=O)(N1CC1C)N1CC1C.CC1CN1P(=O)(N1CC1C)N1CC1C.CC1CN1P(=O)(N1CC1C)N1CC1C.[Fe+3].[O-][Cl+](O)(O)O. The summed E-state index contributed by atoms with van der Waals surface area (Å²) >= 11 is 0. The van der Waals surface area contributed by atoms with Gasteiger partial charge in [0.1, 0.15) is 0 Å². The molecule has 0 bridgehead atoms. The van der Waals surface area contributed by atoms with Crippen LogP contribution in [0.15, 0.2) is 0 Å². The summed E-state index contributed by atoms with van der Waals surface area (Å²) in [6.45, 7) is 57.2. The van der Waals surface area contributed by atoms with Gasteiger partial charge in [-0.05, 0) is 125 Å². The minimum atomic E-state index is -4.19. The van der Waals surface area contributed by atoms with Crippen molar-refractivity contribution < 1.29 is 73.3 Å². The molecule has 18 aliphatic rings. The predicted molar refractivity (Wildman–Crippen MR) is 343 cm³/mol. The van der Waals surface area contributed by atoms with Gasteiger partial charge in [-0.3, -0.25) is 27.4 Å². The minimum absolute atomic E-state index is 0. The monoisotopic (exact) mass is 1450 g/mol. The van der Waals surface area contributed by atoms with Crippen molar-refractivity contribution in [3.63, 3.8) is 0 Å². The zero-order valence-corrected chi connectivity index (χ0v) is 64.0. The first-order chi connectivity index (χ1) is 41.3. The molecule has 28 nitrogen and oxygen atoms in total. The van der Waals surface area contributed by atoms with Crippen LogP contribution in [0.4, 0.5) is 0 Å². The van der Waals surface area contributed by atoms with Gasteiger partial charge >= 0.3 is 45.9 Å². The first-order valence-electron chi connectivity index (χ1n) is 33.4. The van der Waals surface area contributed by atoms with E-state index in [-0.39, 0.29) is 17.1 Å². The van der Waals surface area contributed by atoms with Gasteiger partial charge in [0.15, 0.2) is 0 Å². The second-order valence-electron chi connectivity index (χ2n) is 30.0. The van der Waals surface area contributed by atoms with Gasteiger partial charge in [0, 0.05) is 227 Å². The number of rotatable bonds is 18. The zero-order valence-electron chi connectivity index (χ0n) is 56.8. The van der Waals surface area contributed by atoms with Crippen molar-refractivity contribution in [2.75, 3.05) is 118 Å². The molecule has 3 N–H and O–H groups in total. The molecule has 18 fully saturated rings. The molecule has 0 amide bonds. The zero-order chi connectivity index (χ0) is 65.0. The third-order valence-electron chi connectivity index (χ3n) is 20.9. The van der Waals surface area contributed by atoms with E-state index in [9.17, 15) is 27.4 Å². The first-order valence-corrected chi connectivity index (χ1v) is 44.2. The Morgan fingerprint density at radius 3 is 0.267 bits per heavy atom. The Balaban J connectivity index is 0.000000109. The molecule has 0 spiro atoms. The first kappa shape index (κ1) is 72.6. The molecular formula is C54H111ClFeN18O10P6+3. The summed E-state index contributed by atoms with van der Waals surface area (Å²) in [6, 6.07) is 9.52. The van der Waals surface area contributed by atoms with Crippen LogP contribution in [0, 0.1) is 10.2 Å². The number of nitrogens with zero attached hydrogens (tertiary/aromatic N) is 18. The predicted octanol–water partition coefficient (Wildman–Crippen LogP) is 4.38. The van der Waals surface area contributed by atoms with Crippen LogP contribution in [-0.4, -0.2) is 325 Å². The van der Waals surface area contributed by atoms with Crippen molar-refractivity contribution in [2.45, 2.75) is 233 Å². The fourth-order valence-corrected chi connectivity index (χ4v) is 35.9. The summed E-state index contributed by atoms with van der Waals surface area (Å²) in [5.74, 6) is 0. The van der Waals surface area contributed by atoms with Gasteiger partial charge in [-0.2, -0.15) is 0 Å². The molecule has 18 saturated heterocycles. The van der Waals surface area contributed by atoms with E-state index in [1.807, 2.05) is 0 Å². The second-order valence-corrected chi connectivity index (χ2v) is 46.3. The third kappa shape index (κ3) is 14.7. The molecule has 18 aliphatic heterocycles. The van der Waals surface area contributed by atoms with E-state index in [0.717, 1.165) is 118 Å². The topological polar surface area (TPSA) is 240 Å². The van der Waals surface area contributed by atoms with Crippen molar-refractivity contribution in [3.05, 3.63) is 0 Å². The molecule has 36 heteroatoms. The fraction of sp³-hybridized carbons (Fsp3) is 1.00. The van der Waals surface area contributed by atoms with E-state index in [4.69, 9.17) is 18.6 Å². The van der Waals surface area contributed by atoms with E-state index in [2.05, 4.69) is 209 Å². The molecule has 18 rings (SSSR count). The van der Waals surface area contributed by atoms with Crippen LogP contribution in [0.25, 0.3) is 0 Å². The van der Waals surface area contributed by atoms with Crippen molar-refractivity contribution in [2.24, 2.45) is 0 Å². The van der Waals surface area contributed by atoms with Crippen LogP contribution in [0.5, 0.6) is 0 Å². The van der Waals surface area contributed by atoms with Gasteiger partial charge in [0.2, 0.25) is 0 Å². The number of hydrogen-bond donors (Lipinski definition) is 3. The molecule has 0 aliphatic carbocycles. The maximum absolute atomic E-state index is 12.9. The van der Waals surface area contributed by atoms with Crippen LogP contribution in [0.1, 0.15) is 125 Å². The Hall–Kier alpha value is 1.31.